The third kappa shape index (κ3) is 3.42. The summed E-state index contributed by atoms with van der Waals surface area (Å²) in [6, 6.07) is 3.61. The van der Waals surface area contributed by atoms with Gasteiger partial charge in [-0.05, 0) is 61.5 Å². The molecular formula is C20H23F3O2. The molecule has 0 unspecified atom stereocenters. The van der Waals surface area contributed by atoms with Crippen molar-refractivity contribution in [3.8, 4) is 5.75 Å². The van der Waals surface area contributed by atoms with Crippen LogP contribution in [0.1, 0.15) is 63.5 Å². The number of rotatable bonds is 3. The number of fused-ring (bicyclic) bond motifs is 1. The monoisotopic (exact) mass is 352 g/mol. The molecule has 1 heterocycles. The molecule has 0 saturated heterocycles. The summed E-state index contributed by atoms with van der Waals surface area (Å²) < 4.78 is 45.2. The number of benzene rings is 1. The van der Waals surface area contributed by atoms with Crippen molar-refractivity contribution in [3.63, 3.8) is 0 Å². The Labute approximate surface area is 146 Å². The van der Waals surface area contributed by atoms with Crippen molar-refractivity contribution < 1.29 is 23.0 Å². The molecule has 0 spiro atoms. The molecular weight excluding hydrogens is 329 g/mol. The van der Waals surface area contributed by atoms with E-state index < -0.39 is 17.3 Å². The Morgan fingerprint density at radius 2 is 1.92 bits per heavy atom. The molecule has 0 bridgehead atoms. The number of hydrogen-bond acceptors (Lipinski definition) is 2. The first-order chi connectivity index (χ1) is 11.8. The lowest BCUT2D eigenvalue weighted by Crippen LogP contribution is -2.38. The van der Waals surface area contributed by atoms with E-state index in [1.165, 1.54) is 6.07 Å². The maximum absolute atomic E-state index is 13.1. The summed E-state index contributed by atoms with van der Waals surface area (Å²) in [6.07, 6.45) is 2.12. The summed E-state index contributed by atoms with van der Waals surface area (Å²) in [6.45, 7) is 3.95. The van der Waals surface area contributed by atoms with Crippen LogP contribution in [0, 0.1) is 0 Å². The number of halogens is 3. The lowest BCUT2D eigenvalue weighted by Gasteiger charge is -2.39. The Morgan fingerprint density at radius 3 is 2.44 bits per heavy atom. The van der Waals surface area contributed by atoms with Crippen LogP contribution in [0.3, 0.4) is 0 Å². The second-order valence-electron chi connectivity index (χ2n) is 6.89. The molecule has 3 rings (SSSR count). The number of alkyl halides is 3. The minimum absolute atomic E-state index is 0.252. The molecule has 25 heavy (non-hydrogen) atoms. The minimum Gasteiger partial charge on any atom is -0.508 e. The Kier molecular flexibility index (Phi) is 4.60. The molecule has 2 nitrogen and oxygen atoms in total. The van der Waals surface area contributed by atoms with Gasteiger partial charge in [-0.1, -0.05) is 19.9 Å². The first-order valence-corrected chi connectivity index (χ1v) is 8.80. The molecule has 0 radical (unpaired) electrons. The van der Waals surface area contributed by atoms with E-state index in [1.807, 2.05) is 13.8 Å². The maximum atomic E-state index is 13.1. The Morgan fingerprint density at radius 1 is 1.24 bits per heavy atom. The molecule has 136 valence electrons. The molecule has 1 aliphatic carbocycles. The van der Waals surface area contributed by atoms with Gasteiger partial charge in [-0.2, -0.15) is 13.2 Å². The Balaban J connectivity index is 2.09. The summed E-state index contributed by atoms with van der Waals surface area (Å²) >= 11 is 0. The van der Waals surface area contributed by atoms with Gasteiger partial charge < -0.3 is 9.84 Å². The fourth-order valence-electron chi connectivity index (χ4n) is 3.41. The molecule has 0 amide bonds. The third-order valence-corrected chi connectivity index (χ3v) is 5.41. The second kappa shape index (κ2) is 6.43. The van der Waals surface area contributed by atoms with Crippen LogP contribution >= 0.6 is 0 Å². The zero-order valence-electron chi connectivity index (χ0n) is 14.5. The molecule has 1 fully saturated rings. The third-order valence-electron chi connectivity index (χ3n) is 5.41. The van der Waals surface area contributed by atoms with Gasteiger partial charge in [0.2, 0.25) is 0 Å². The van der Waals surface area contributed by atoms with E-state index >= 15 is 0 Å². The number of aliphatic hydroxyl groups is 1. The van der Waals surface area contributed by atoms with Crippen LogP contribution in [0.15, 0.2) is 35.6 Å². The van der Waals surface area contributed by atoms with E-state index in [4.69, 9.17) is 4.74 Å². The highest BCUT2D eigenvalue weighted by molar-refractivity contribution is 5.75. The predicted molar refractivity (Wildman–Crippen MR) is 91.5 cm³/mol. The van der Waals surface area contributed by atoms with Crippen molar-refractivity contribution >= 4 is 5.57 Å². The van der Waals surface area contributed by atoms with Gasteiger partial charge in [0.05, 0.1) is 5.56 Å². The average Bonchev–Trinajstić information content (AvgIpc) is 2.51. The van der Waals surface area contributed by atoms with E-state index in [9.17, 15) is 18.3 Å². The highest BCUT2D eigenvalue weighted by Crippen LogP contribution is 2.46. The van der Waals surface area contributed by atoms with E-state index in [0.717, 1.165) is 42.5 Å². The van der Waals surface area contributed by atoms with Gasteiger partial charge in [-0.3, -0.25) is 0 Å². The zero-order chi connectivity index (χ0) is 18.2. The van der Waals surface area contributed by atoms with Crippen LogP contribution in [0.25, 0.3) is 5.57 Å². The number of allylic oxidation sites excluding steroid dienone is 2. The molecule has 0 aromatic heterocycles. The molecule has 1 N–H and O–H groups in total. The van der Waals surface area contributed by atoms with Gasteiger partial charge >= 0.3 is 6.18 Å². The van der Waals surface area contributed by atoms with Gasteiger partial charge in [0.25, 0.3) is 0 Å². The normalized spacial score (nSPS) is 20.7. The SMILES string of the molecule is CCC1(CC)C/C(=C\C(O)=C2CCC2)c2ccc(C(F)(F)F)cc2O1. The molecule has 5 heteroatoms. The van der Waals surface area contributed by atoms with Crippen LogP contribution < -0.4 is 4.74 Å². The van der Waals surface area contributed by atoms with E-state index in [-0.39, 0.29) is 11.5 Å². The first-order valence-electron chi connectivity index (χ1n) is 8.80. The highest BCUT2D eigenvalue weighted by Gasteiger charge is 2.38. The van der Waals surface area contributed by atoms with Crippen molar-refractivity contribution in [3.05, 3.63) is 46.7 Å². The minimum atomic E-state index is -4.41. The average molecular weight is 352 g/mol. The van der Waals surface area contributed by atoms with Crippen LogP contribution in [0.5, 0.6) is 5.75 Å². The molecule has 0 atom stereocenters. The lowest BCUT2D eigenvalue weighted by molar-refractivity contribution is -0.137. The highest BCUT2D eigenvalue weighted by atomic mass is 19.4. The van der Waals surface area contributed by atoms with Crippen LogP contribution in [0.2, 0.25) is 0 Å². The van der Waals surface area contributed by atoms with E-state index in [0.29, 0.717) is 24.8 Å². The fourth-order valence-corrected chi connectivity index (χ4v) is 3.41. The summed E-state index contributed by atoms with van der Waals surface area (Å²) in [5.74, 6) is 0.512. The number of aliphatic hydroxyl groups excluding tert-OH is 1. The summed E-state index contributed by atoms with van der Waals surface area (Å²) in [5, 5.41) is 10.3. The van der Waals surface area contributed by atoms with Crippen molar-refractivity contribution in [2.24, 2.45) is 0 Å². The summed E-state index contributed by atoms with van der Waals surface area (Å²) in [4.78, 5) is 0. The summed E-state index contributed by atoms with van der Waals surface area (Å²) in [5.41, 5.74) is 1.25. The Bertz CT molecular complexity index is 719. The van der Waals surface area contributed by atoms with E-state index in [2.05, 4.69) is 0 Å². The number of ether oxygens (including phenoxy) is 1. The Hall–Kier alpha value is -1.91. The zero-order valence-corrected chi connectivity index (χ0v) is 14.5. The largest absolute Gasteiger partial charge is 0.508 e. The summed E-state index contributed by atoms with van der Waals surface area (Å²) in [7, 11) is 0. The van der Waals surface area contributed by atoms with E-state index in [1.54, 1.807) is 6.08 Å². The van der Waals surface area contributed by atoms with Crippen LogP contribution in [-0.4, -0.2) is 10.7 Å². The van der Waals surface area contributed by atoms with Gasteiger partial charge in [0.1, 0.15) is 17.1 Å². The molecule has 1 aromatic rings. The molecule has 1 aromatic carbocycles. The standard InChI is InChI=1S/C20H23F3O2/c1-3-19(4-2)12-14(10-17(24)13-6-5-7-13)16-9-8-15(20(21,22)23)11-18(16)25-19/h8-11,24H,3-7,12H2,1-2H3/b14-10+. The lowest BCUT2D eigenvalue weighted by atomic mass is 9.82. The van der Waals surface area contributed by atoms with Crippen molar-refractivity contribution in [2.75, 3.05) is 0 Å². The van der Waals surface area contributed by atoms with Gasteiger partial charge in [-0.15, -0.1) is 0 Å². The second-order valence-corrected chi connectivity index (χ2v) is 6.89. The fraction of sp³-hybridized carbons (Fsp3) is 0.500. The topological polar surface area (TPSA) is 29.5 Å². The number of hydrogen-bond donors (Lipinski definition) is 1. The quantitative estimate of drug-likeness (QED) is 0.636. The smallest absolute Gasteiger partial charge is 0.416 e. The van der Waals surface area contributed by atoms with Gasteiger partial charge in [-0.25, -0.2) is 0 Å². The van der Waals surface area contributed by atoms with Gasteiger partial charge in [0, 0.05) is 12.0 Å². The van der Waals surface area contributed by atoms with Gasteiger partial charge in [0.15, 0.2) is 0 Å². The van der Waals surface area contributed by atoms with Crippen LogP contribution in [0.4, 0.5) is 13.2 Å². The van der Waals surface area contributed by atoms with Crippen LogP contribution in [-0.2, 0) is 6.18 Å². The van der Waals surface area contributed by atoms with Crippen molar-refractivity contribution in [1.82, 2.24) is 0 Å². The van der Waals surface area contributed by atoms with Crippen molar-refractivity contribution in [1.29, 1.82) is 0 Å². The van der Waals surface area contributed by atoms with Crippen molar-refractivity contribution in [2.45, 2.75) is 64.1 Å². The first kappa shape index (κ1) is 17.9. The predicted octanol–water partition coefficient (Wildman–Crippen LogP) is 6.43. The molecule has 1 saturated carbocycles. The molecule has 1 aliphatic heterocycles. The maximum Gasteiger partial charge on any atom is 0.416 e. The molecule has 2 aliphatic rings.